The highest BCUT2D eigenvalue weighted by Gasteiger charge is 2.21. The molecule has 1 N–H and O–H groups in total. The highest BCUT2D eigenvalue weighted by atomic mass is 35.5. The average Bonchev–Trinajstić information content (AvgIpc) is 2.88. The molecule has 0 radical (unpaired) electrons. The lowest BCUT2D eigenvalue weighted by Crippen LogP contribution is -2.47. The fourth-order valence-electron chi connectivity index (χ4n) is 4.10. The molecule has 2 heterocycles. The van der Waals surface area contributed by atoms with E-state index in [1.165, 1.54) is 5.69 Å². The lowest BCUT2D eigenvalue weighted by molar-refractivity contribution is 0.414. The van der Waals surface area contributed by atoms with Crippen LogP contribution in [0, 0.1) is 0 Å². The van der Waals surface area contributed by atoms with Crippen LogP contribution in [0.4, 0.5) is 17.5 Å². The predicted octanol–water partition coefficient (Wildman–Crippen LogP) is 5.23. The zero-order valence-corrected chi connectivity index (χ0v) is 19.3. The van der Waals surface area contributed by atoms with Crippen molar-refractivity contribution in [2.24, 2.45) is 0 Å². The molecule has 0 aliphatic carbocycles. The lowest BCUT2D eigenvalue weighted by Gasteiger charge is -2.36. The Morgan fingerprint density at radius 1 is 0.879 bits per heavy atom. The van der Waals surface area contributed by atoms with Gasteiger partial charge in [0.05, 0.1) is 12.6 Å². The monoisotopic (exact) mass is 459 g/mol. The van der Waals surface area contributed by atoms with Crippen LogP contribution in [0.1, 0.15) is 5.56 Å². The van der Waals surface area contributed by atoms with Crippen LogP contribution < -0.4 is 19.9 Å². The number of nitrogens with one attached hydrogen (secondary N) is 1. The maximum absolute atomic E-state index is 6.02. The molecule has 33 heavy (non-hydrogen) atoms. The van der Waals surface area contributed by atoms with E-state index in [0.717, 1.165) is 65.2 Å². The lowest BCUT2D eigenvalue weighted by atomic mass is 10.2. The van der Waals surface area contributed by atoms with Gasteiger partial charge in [-0.3, -0.25) is 0 Å². The Kier molecular flexibility index (Phi) is 6.17. The smallest absolute Gasteiger partial charge is 0.228 e. The maximum atomic E-state index is 6.02. The minimum Gasteiger partial charge on any atom is -0.497 e. The first kappa shape index (κ1) is 21.3. The number of ether oxygens (including phenoxy) is 1. The van der Waals surface area contributed by atoms with E-state index in [0.29, 0.717) is 6.54 Å². The van der Waals surface area contributed by atoms with Crippen molar-refractivity contribution in [2.75, 3.05) is 48.4 Å². The second-order valence-corrected chi connectivity index (χ2v) is 8.48. The Morgan fingerprint density at radius 3 is 2.42 bits per heavy atom. The van der Waals surface area contributed by atoms with E-state index in [4.69, 9.17) is 26.3 Å². The van der Waals surface area contributed by atoms with Gasteiger partial charge in [-0.05, 0) is 42.0 Å². The Hall–Kier alpha value is -3.51. The molecule has 7 heteroatoms. The number of para-hydroxylation sites is 1. The SMILES string of the molecule is COc1cccc(N2CCN(c3nc(NCc4ccc(Cl)cc4)c4ccccc4n3)CC2)c1. The number of hydrogen-bond donors (Lipinski definition) is 1. The number of anilines is 3. The third kappa shape index (κ3) is 4.81. The van der Waals surface area contributed by atoms with Crippen molar-refractivity contribution >= 4 is 40.0 Å². The van der Waals surface area contributed by atoms with Crippen molar-refractivity contribution in [2.45, 2.75) is 6.54 Å². The number of halogens is 1. The van der Waals surface area contributed by atoms with Crippen molar-refractivity contribution in [3.8, 4) is 5.75 Å². The van der Waals surface area contributed by atoms with E-state index < -0.39 is 0 Å². The molecular formula is C26H26ClN5O. The molecular weight excluding hydrogens is 434 g/mol. The van der Waals surface area contributed by atoms with Crippen molar-refractivity contribution in [3.63, 3.8) is 0 Å². The second-order valence-electron chi connectivity index (χ2n) is 8.04. The Morgan fingerprint density at radius 2 is 1.64 bits per heavy atom. The first-order valence-electron chi connectivity index (χ1n) is 11.1. The van der Waals surface area contributed by atoms with Gasteiger partial charge in [0, 0.05) is 54.9 Å². The van der Waals surface area contributed by atoms with Gasteiger partial charge < -0.3 is 19.9 Å². The molecule has 168 valence electrons. The van der Waals surface area contributed by atoms with Crippen LogP contribution in [-0.2, 0) is 6.54 Å². The number of piperazine rings is 1. The van der Waals surface area contributed by atoms with E-state index in [9.17, 15) is 0 Å². The maximum Gasteiger partial charge on any atom is 0.228 e. The standard InChI is InChI=1S/C26H26ClN5O/c1-33-22-6-4-5-21(17-22)31-13-15-32(16-14-31)26-29-24-8-3-2-7-23(24)25(30-26)28-18-19-9-11-20(27)12-10-19/h2-12,17H,13-16,18H2,1H3,(H,28,29,30). The van der Waals surface area contributed by atoms with E-state index in [-0.39, 0.29) is 0 Å². The fraction of sp³-hybridized carbons (Fsp3) is 0.231. The molecule has 0 unspecified atom stereocenters. The summed E-state index contributed by atoms with van der Waals surface area (Å²) in [6.45, 7) is 4.17. The fourth-order valence-corrected chi connectivity index (χ4v) is 4.23. The van der Waals surface area contributed by atoms with Gasteiger partial charge in [0.1, 0.15) is 11.6 Å². The summed E-state index contributed by atoms with van der Waals surface area (Å²) in [4.78, 5) is 14.4. The average molecular weight is 460 g/mol. The van der Waals surface area contributed by atoms with E-state index in [1.807, 2.05) is 54.6 Å². The van der Waals surface area contributed by atoms with Crippen LogP contribution in [0.15, 0.2) is 72.8 Å². The third-order valence-corrected chi connectivity index (χ3v) is 6.20. The van der Waals surface area contributed by atoms with Crippen LogP contribution in [0.25, 0.3) is 10.9 Å². The van der Waals surface area contributed by atoms with Gasteiger partial charge in [0.15, 0.2) is 0 Å². The molecule has 4 aromatic rings. The third-order valence-electron chi connectivity index (χ3n) is 5.95. The van der Waals surface area contributed by atoms with E-state index in [2.05, 4.69) is 33.3 Å². The topological polar surface area (TPSA) is 53.5 Å². The molecule has 3 aromatic carbocycles. The molecule has 1 aliphatic rings. The molecule has 0 spiro atoms. The van der Waals surface area contributed by atoms with Gasteiger partial charge in [-0.25, -0.2) is 4.98 Å². The first-order chi connectivity index (χ1) is 16.2. The van der Waals surface area contributed by atoms with Gasteiger partial charge in [-0.2, -0.15) is 4.98 Å². The summed E-state index contributed by atoms with van der Waals surface area (Å²) in [6, 6.07) is 24.2. The van der Waals surface area contributed by atoms with Crippen molar-refractivity contribution in [1.29, 1.82) is 0 Å². The summed E-state index contributed by atoms with van der Waals surface area (Å²) < 4.78 is 5.38. The van der Waals surface area contributed by atoms with Crippen LogP contribution >= 0.6 is 11.6 Å². The van der Waals surface area contributed by atoms with Crippen LogP contribution in [0.2, 0.25) is 5.02 Å². The summed E-state index contributed by atoms with van der Waals surface area (Å²) in [7, 11) is 1.70. The molecule has 0 atom stereocenters. The molecule has 0 amide bonds. The number of hydrogen-bond acceptors (Lipinski definition) is 6. The van der Waals surface area contributed by atoms with E-state index in [1.54, 1.807) is 7.11 Å². The quantitative estimate of drug-likeness (QED) is 0.426. The first-order valence-corrected chi connectivity index (χ1v) is 11.5. The van der Waals surface area contributed by atoms with Crippen LogP contribution in [0.5, 0.6) is 5.75 Å². The van der Waals surface area contributed by atoms with Gasteiger partial charge in [0.2, 0.25) is 5.95 Å². The molecule has 6 nitrogen and oxygen atoms in total. The Labute approximate surface area is 198 Å². The number of aromatic nitrogens is 2. The highest BCUT2D eigenvalue weighted by Crippen LogP contribution is 2.26. The molecule has 1 saturated heterocycles. The summed E-state index contributed by atoms with van der Waals surface area (Å²) in [5, 5.41) is 5.26. The van der Waals surface area contributed by atoms with Crippen molar-refractivity contribution in [3.05, 3.63) is 83.4 Å². The van der Waals surface area contributed by atoms with Crippen molar-refractivity contribution in [1.82, 2.24) is 9.97 Å². The molecule has 1 fully saturated rings. The van der Waals surface area contributed by atoms with Crippen molar-refractivity contribution < 1.29 is 4.74 Å². The normalized spacial score (nSPS) is 13.9. The summed E-state index contributed by atoms with van der Waals surface area (Å²) in [5.74, 6) is 2.49. The zero-order valence-electron chi connectivity index (χ0n) is 18.5. The summed E-state index contributed by atoms with van der Waals surface area (Å²) in [5.41, 5.74) is 3.27. The van der Waals surface area contributed by atoms with Gasteiger partial charge in [0.25, 0.3) is 0 Å². The minimum absolute atomic E-state index is 0.668. The number of rotatable bonds is 6. The van der Waals surface area contributed by atoms with Crippen LogP contribution in [-0.4, -0.2) is 43.3 Å². The molecule has 1 aromatic heterocycles. The number of methoxy groups -OCH3 is 1. The number of nitrogens with zero attached hydrogens (tertiary/aromatic N) is 4. The minimum atomic E-state index is 0.668. The summed E-state index contributed by atoms with van der Waals surface area (Å²) >= 11 is 6.02. The van der Waals surface area contributed by atoms with Gasteiger partial charge in [-0.1, -0.05) is 41.9 Å². The Balaban J connectivity index is 1.34. The largest absolute Gasteiger partial charge is 0.497 e. The Bertz CT molecular complexity index is 1240. The van der Waals surface area contributed by atoms with Crippen LogP contribution in [0.3, 0.4) is 0 Å². The number of benzene rings is 3. The predicted molar refractivity (Wildman–Crippen MR) is 136 cm³/mol. The van der Waals surface area contributed by atoms with Gasteiger partial charge in [-0.15, -0.1) is 0 Å². The molecule has 0 saturated carbocycles. The highest BCUT2D eigenvalue weighted by molar-refractivity contribution is 6.30. The molecule has 1 aliphatic heterocycles. The molecule has 0 bridgehead atoms. The van der Waals surface area contributed by atoms with E-state index >= 15 is 0 Å². The summed E-state index contributed by atoms with van der Waals surface area (Å²) in [6.07, 6.45) is 0. The zero-order chi connectivity index (χ0) is 22.6. The number of fused-ring (bicyclic) bond motifs is 1. The second kappa shape index (κ2) is 9.55. The van der Waals surface area contributed by atoms with Gasteiger partial charge >= 0.3 is 0 Å². The molecule has 5 rings (SSSR count).